The zero-order chi connectivity index (χ0) is 22.5. The number of oxazole rings is 1. The van der Waals surface area contributed by atoms with E-state index in [-0.39, 0.29) is 17.0 Å². The summed E-state index contributed by atoms with van der Waals surface area (Å²) in [5.74, 6) is 0. The van der Waals surface area contributed by atoms with Gasteiger partial charge in [-0.05, 0) is 56.0 Å². The normalized spacial score (nSPS) is 18.6. The Balaban J connectivity index is 1.36. The van der Waals surface area contributed by atoms with Crippen LogP contribution in [0.25, 0.3) is 11.1 Å². The highest BCUT2D eigenvalue weighted by atomic mass is 32.2. The molecule has 0 amide bonds. The highest BCUT2D eigenvalue weighted by Gasteiger charge is 2.44. The third-order valence-electron chi connectivity index (χ3n) is 6.02. The molecule has 1 aliphatic carbocycles. The number of hydrogen-bond donors (Lipinski definition) is 0. The van der Waals surface area contributed by atoms with Crippen LogP contribution in [0.2, 0.25) is 0 Å². The van der Waals surface area contributed by atoms with Gasteiger partial charge in [0.25, 0.3) is 6.01 Å². The van der Waals surface area contributed by atoms with Crippen LogP contribution in [0.15, 0.2) is 57.8 Å². The monoisotopic (exact) mass is 465 g/mol. The van der Waals surface area contributed by atoms with Gasteiger partial charge >= 0.3 is 6.18 Å². The van der Waals surface area contributed by atoms with E-state index in [4.69, 9.17) is 4.42 Å². The van der Waals surface area contributed by atoms with Crippen molar-refractivity contribution in [3.05, 3.63) is 54.1 Å². The van der Waals surface area contributed by atoms with Gasteiger partial charge in [0.1, 0.15) is 5.52 Å². The maximum absolute atomic E-state index is 13.4. The Morgan fingerprint density at radius 1 is 0.969 bits per heavy atom. The SMILES string of the molecule is O=S(=O)(c1cccc(C(F)(F)F)c1)N(C1CC1)C1CCN(c2nc3ccccc3o2)CC1. The van der Waals surface area contributed by atoms with Crippen molar-refractivity contribution in [3.8, 4) is 0 Å². The van der Waals surface area contributed by atoms with Crippen LogP contribution < -0.4 is 4.90 Å². The van der Waals surface area contributed by atoms with E-state index in [9.17, 15) is 21.6 Å². The maximum Gasteiger partial charge on any atom is 0.416 e. The second-order valence-electron chi connectivity index (χ2n) is 8.27. The summed E-state index contributed by atoms with van der Waals surface area (Å²) in [5, 5.41) is 0. The second-order valence-corrected chi connectivity index (χ2v) is 10.1. The number of sulfonamides is 1. The lowest BCUT2D eigenvalue weighted by atomic mass is 10.1. The summed E-state index contributed by atoms with van der Waals surface area (Å²) in [4.78, 5) is 6.18. The molecule has 0 bridgehead atoms. The van der Waals surface area contributed by atoms with Crippen molar-refractivity contribution in [2.75, 3.05) is 18.0 Å². The standard InChI is InChI=1S/C22H22F3N3O3S/c23-22(24,25)15-4-3-5-18(14-15)32(29,30)28(16-8-9-16)17-10-12-27(13-11-17)21-26-19-6-1-2-7-20(19)31-21/h1-7,14,16-17H,8-13H2. The van der Waals surface area contributed by atoms with Gasteiger partial charge < -0.3 is 9.32 Å². The minimum absolute atomic E-state index is 0.157. The number of hydrogen-bond acceptors (Lipinski definition) is 5. The molecule has 2 aromatic carbocycles. The van der Waals surface area contributed by atoms with Crippen LogP contribution in [0.4, 0.5) is 19.2 Å². The zero-order valence-corrected chi connectivity index (χ0v) is 17.9. The number of fused-ring (bicyclic) bond motifs is 1. The molecule has 3 aromatic rings. The summed E-state index contributed by atoms with van der Waals surface area (Å²) >= 11 is 0. The van der Waals surface area contributed by atoms with Crippen LogP contribution in [0, 0.1) is 0 Å². The highest BCUT2D eigenvalue weighted by molar-refractivity contribution is 7.89. The number of anilines is 1. The highest BCUT2D eigenvalue weighted by Crippen LogP contribution is 2.38. The first-order valence-electron chi connectivity index (χ1n) is 10.5. The molecule has 2 aliphatic rings. The number of nitrogens with zero attached hydrogens (tertiary/aromatic N) is 3. The van der Waals surface area contributed by atoms with Gasteiger partial charge in [0.2, 0.25) is 10.0 Å². The van der Waals surface area contributed by atoms with E-state index in [1.807, 2.05) is 29.2 Å². The molecule has 1 saturated carbocycles. The number of piperidine rings is 1. The molecule has 0 atom stereocenters. The van der Waals surface area contributed by atoms with Crippen molar-refractivity contribution in [2.45, 2.75) is 48.8 Å². The van der Waals surface area contributed by atoms with Crippen molar-refractivity contribution in [1.82, 2.24) is 9.29 Å². The van der Waals surface area contributed by atoms with Gasteiger partial charge in [-0.2, -0.15) is 22.5 Å². The van der Waals surface area contributed by atoms with Crippen LogP contribution >= 0.6 is 0 Å². The minimum Gasteiger partial charge on any atom is -0.423 e. The van der Waals surface area contributed by atoms with Crippen LogP contribution in [-0.4, -0.2) is 42.9 Å². The van der Waals surface area contributed by atoms with Crippen molar-refractivity contribution in [1.29, 1.82) is 0 Å². The number of para-hydroxylation sites is 2. The fourth-order valence-electron chi connectivity index (χ4n) is 4.28. The quantitative estimate of drug-likeness (QED) is 0.548. The largest absolute Gasteiger partial charge is 0.423 e. The molecule has 170 valence electrons. The molecule has 1 aromatic heterocycles. The van der Waals surface area contributed by atoms with E-state index in [2.05, 4.69) is 4.98 Å². The lowest BCUT2D eigenvalue weighted by Gasteiger charge is -2.37. The van der Waals surface area contributed by atoms with Gasteiger partial charge in [0.05, 0.1) is 10.5 Å². The molecular weight excluding hydrogens is 443 g/mol. The van der Waals surface area contributed by atoms with Gasteiger partial charge in [-0.3, -0.25) is 0 Å². The molecule has 0 radical (unpaired) electrons. The summed E-state index contributed by atoms with van der Waals surface area (Å²) < 4.78 is 73.4. The van der Waals surface area contributed by atoms with Crippen molar-refractivity contribution in [3.63, 3.8) is 0 Å². The Morgan fingerprint density at radius 2 is 1.66 bits per heavy atom. The summed E-state index contributed by atoms with van der Waals surface area (Å²) in [6.07, 6.45) is -2.05. The van der Waals surface area contributed by atoms with Gasteiger partial charge in [0.15, 0.2) is 5.58 Å². The first kappa shape index (κ1) is 21.3. The Kier molecular flexibility index (Phi) is 5.16. The molecule has 5 rings (SSSR count). The van der Waals surface area contributed by atoms with Crippen LogP contribution in [0.1, 0.15) is 31.2 Å². The number of halogens is 3. The van der Waals surface area contributed by atoms with Gasteiger partial charge in [-0.25, -0.2) is 8.42 Å². The predicted molar refractivity (Wildman–Crippen MR) is 113 cm³/mol. The molecule has 10 heteroatoms. The molecule has 6 nitrogen and oxygen atoms in total. The fraction of sp³-hybridized carbons (Fsp3) is 0.409. The van der Waals surface area contributed by atoms with Crippen molar-refractivity contribution >= 4 is 27.1 Å². The average molecular weight is 465 g/mol. The fourth-order valence-corrected chi connectivity index (χ4v) is 6.26. The Hall–Kier alpha value is -2.59. The number of alkyl halides is 3. The molecule has 0 N–H and O–H groups in total. The van der Waals surface area contributed by atoms with E-state index in [0.717, 1.165) is 36.6 Å². The third-order valence-corrected chi connectivity index (χ3v) is 8.02. The lowest BCUT2D eigenvalue weighted by molar-refractivity contribution is -0.137. The summed E-state index contributed by atoms with van der Waals surface area (Å²) in [6.45, 7) is 1.11. The van der Waals surface area contributed by atoms with Crippen molar-refractivity contribution in [2.24, 2.45) is 0 Å². The maximum atomic E-state index is 13.4. The Bertz CT molecular complexity index is 1200. The third kappa shape index (κ3) is 3.97. The van der Waals surface area contributed by atoms with E-state index in [1.165, 1.54) is 10.4 Å². The van der Waals surface area contributed by atoms with Crippen molar-refractivity contribution < 1.29 is 26.0 Å². The van der Waals surface area contributed by atoms with Gasteiger partial charge in [0, 0.05) is 25.2 Å². The van der Waals surface area contributed by atoms with Crippen LogP contribution in [0.5, 0.6) is 0 Å². The van der Waals surface area contributed by atoms with E-state index in [1.54, 1.807) is 0 Å². The Morgan fingerprint density at radius 3 is 2.31 bits per heavy atom. The van der Waals surface area contributed by atoms with Gasteiger partial charge in [-0.1, -0.05) is 18.2 Å². The predicted octanol–water partition coefficient (Wildman–Crippen LogP) is 4.67. The molecule has 0 spiro atoms. The molecule has 2 fully saturated rings. The summed E-state index contributed by atoms with van der Waals surface area (Å²) in [5.41, 5.74) is 0.493. The van der Waals surface area contributed by atoms with E-state index >= 15 is 0 Å². The minimum atomic E-state index is -4.60. The smallest absolute Gasteiger partial charge is 0.416 e. The molecule has 1 saturated heterocycles. The number of benzene rings is 2. The molecule has 2 heterocycles. The van der Waals surface area contributed by atoms with E-state index < -0.39 is 21.8 Å². The first-order chi connectivity index (χ1) is 15.2. The van der Waals surface area contributed by atoms with Crippen LogP contribution in [0.3, 0.4) is 0 Å². The topological polar surface area (TPSA) is 66.7 Å². The van der Waals surface area contributed by atoms with Crippen LogP contribution in [-0.2, 0) is 16.2 Å². The second kappa shape index (κ2) is 7.77. The molecular formula is C22H22F3N3O3S. The average Bonchev–Trinajstić information content (AvgIpc) is 3.50. The zero-order valence-electron chi connectivity index (χ0n) is 17.1. The molecule has 32 heavy (non-hydrogen) atoms. The van der Waals surface area contributed by atoms with Gasteiger partial charge in [-0.15, -0.1) is 0 Å². The summed E-state index contributed by atoms with van der Waals surface area (Å²) in [6, 6.07) is 11.5. The number of aromatic nitrogens is 1. The molecule has 0 unspecified atom stereocenters. The number of rotatable bonds is 5. The lowest BCUT2D eigenvalue weighted by Crippen LogP contribution is -2.48. The van der Waals surface area contributed by atoms with E-state index in [0.29, 0.717) is 37.5 Å². The first-order valence-corrected chi connectivity index (χ1v) is 12.0. The Labute approximate surface area is 183 Å². The molecule has 1 aliphatic heterocycles. The summed E-state index contributed by atoms with van der Waals surface area (Å²) in [7, 11) is -4.05.